The van der Waals surface area contributed by atoms with E-state index in [2.05, 4.69) is 5.10 Å². The van der Waals surface area contributed by atoms with Crippen LogP contribution in [0.15, 0.2) is 5.10 Å². The van der Waals surface area contributed by atoms with Gasteiger partial charge in [0.1, 0.15) is 6.21 Å². The fourth-order valence-corrected chi connectivity index (χ4v) is 0.328. The lowest BCUT2D eigenvalue weighted by atomic mass is 10.5. The van der Waals surface area contributed by atoms with Crippen LogP contribution in [0.2, 0.25) is 0 Å². The molecule has 0 saturated heterocycles. The van der Waals surface area contributed by atoms with Crippen LogP contribution in [0.4, 0.5) is 4.39 Å². The Balaban J connectivity index is 2.69. The van der Waals surface area contributed by atoms with Crippen LogP contribution in [0.5, 0.6) is 0 Å². The molecule has 0 aromatic heterocycles. The van der Waals surface area contributed by atoms with Gasteiger partial charge >= 0.3 is 0 Å². The largest absolute Gasteiger partial charge is 0.595 e. The number of rotatable bonds is 0. The average molecular weight is 102 g/mol. The molecule has 1 rings (SSSR count). The standard InChI is InChI=1S/C3H3FN2O/c4-3-1-5-6(7)2-3/h1-3H. The maximum Gasteiger partial charge on any atom is 0.226 e. The first-order valence-corrected chi connectivity index (χ1v) is 1.78. The first-order valence-electron chi connectivity index (χ1n) is 1.78. The van der Waals surface area contributed by atoms with E-state index in [0.29, 0.717) is 0 Å². The van der Waals surface area contributed by atoms with Gasteiger partial charge in [-0.2, -0.15) is 0 Å². The minimum absolute atomic E-state index is 0.199. The molecular formula is C3H3FN2O. The van der Waals surface area contributed by atoms with E-state index in [0.717, 1.165) is 12.4 Å². The van der Waals surface area contributed by atoms with Gasteiger partial charge in [0.05, 0.1) is 0 Å². The predicted molar refractivity (Wildman–Crippen MR) is 23.1 cm³/mol. The zero-order valence-electron chi connectivity index (χ0n) is 3.41. The molecule has 0 N–H and O–H groups in total. The van der Waals surface area contributed by atoms with Crippen molar-refractivity contribution in [1.82, 2.24) is 0 Å². The molecule has 0 amide bonds. The van der Waals surface area contributed by atoms with Gasteiger partial charge in [0.25, 0.3) is 0 Å². The van der Waals surface area contributed by atoms with Crippen LogP contribution in [-0.4, -0.2) is 23.4 Å². The Morgan fingerprint density at radius 2 is 2.57 bits per heavy atom. The molecule has 0 bridgehead atoms. The van der Waals surface area contributed by atoms with E-state index in [1.54, 1.807) is 0 Å². The Hall–Kier alpha value is -0.930. The third-order valence-electron chi connectivity index (χ3n) is 0.593. The van der Waals surface area contributed by atoms with E-state index in [-0.39, 0.29) is 4.85 Å². The second kappa shape index (κ2) is 1.29. The molecule has 1 aliphatic heterocycles. The van der Waals surface area contributed by atoms with Crippen LogP contribution in [0, 0.1) is 5.21 Å². The molecule has 0 fully saturated rings. The Kier molecular flexibility index (Phi) is 0.780. The quantitative estimate of drug-likeness (QED) is 0.311. The summed E-state index contributed by atoms with van der Waals surface area (Å²) in [5, 5.41) is 12.9. The topological polar surface area (TPSA) is 38.4 Å². The molecule has 7 heavy (non-hydrogen) atoms. The summed E-state index contributed by atoms with van der Waals surface area (Å²) in [4.78, 5) is 0.199. The van der Waals surface area contributed by atoms with Crippen LogP contribution < -0.4 is 0 Å². The van der Waals surface area contributed by atoms with Gasteiger partial charge in [0.2, 0.25) is 12.4 Å². The smallest absolute Gasteiger partial charge is 0.226 e. The zero-order valence-corrected chi connectivity index (χ0v) is 3.41. The van der Waals surface area contributed by atoms with Crippen molar-refractivity contribution >= 4 is 12.4 Å². The summed E-state index contributed by atoms with van der Waals surface area (Å²) in [5.74, 6) is 0. The summed E-state index contributed by atoms with van der Waals surface area (Å²) in [6.07, 6.45) is 0.491. The lowest BCUT2D eigenvalue weighted by Gasteiger charge is -1.81. The molecule has 0 saturated carbocycles. The molecule has 1 aliphatic rings. The minimum atomic E-state index is -1.28. The molecule has 3 nitrogen and oxygen atoms in total. The fraction of sp³-hybridized carbons (Fsp3) is 0.333. The fourth-order valence-electron chi connectivity index (χ4n) is 0.328. The Morgan fingerprint density at radius 3 is 2.71 bits per heavy atom. The molecule has 1 unspecified atom stereocenters. The Bertz CT molecular complexity index is 131. The molecule has 1 heterocycles. The Labute approximate surface area is 39.3 Å². The van der Waals surface area contributed by atoms with Crippen LogP contribution >= 0.6 is 0 Å². The molecule has 0 aliphatic carbocycles. The van der Waals surface area contributed by atoms with E-state index in [9.17, 15) is 9.60 Å². The first kappa shape index (κ1) is 4.23. The van der Waals surface area contributed by atoms with E-state index in [1.165, 1.54) is 0 Å². The van der Waals surface area contributed by atoms with Gasteiger partial charge in [-0.3, -0.25) is 0 Å². The lowest BCUT2D eigenvalue weighted by molar-refractivity contribution is -0.454. The van der Waals surface area contributed by atoms with Crippen LogP contribution in [0.1, 0.15) is 0 Å². The van der Waals surface area contributed by atoms with Crippen LogP contribution in [-0.2, 0) is 0 Å². The van der Waals surface area contributed by atoms with Crippen molar-refractivity contribution in [2.75, 3.05) is 0 Å². The second-order valence-electron chi connectivity index (χ2n) is 1.16. The molecule has 0 spiro atoms. The molecule has 38 valence electrons. The second-order valence-corrected chi connectivity index (χ2v) is 1.16. The van der Waals surface area contributed by atoms with Gasteiger partial charge in [0, 0.05) is 5.10 Å². The van der Waals surface area contributed by atoms with Crippen molar-refractivity contribution in [2.45, 2.75) is 6.17 Å². The number of nitrogens with zero attached hydrogens (tertiary/aromatic N) is 2. The van der Waals surface area contributed by atoms with Crippen LogP contribution in [0.3, 0.4) is 0 Å². The number of hydrogen-bond donors (Lipinski definition) is 0. The van der Waals surface area contributed by atoms with E-state index in [1.807, 2.05) is 0 Å². The maximum absolute atomic E-state index is 11.7. The molecule has 0 radical (unpaired) electrons. The van der Waals surface area contributed by atoms with Gasteiger partial charge in [-0.25, -0.2) is 4.39 Å². The highest BCUT2D eigenvalue weighted by molar-refractivity contribution is 5.85. The summed E-state index contributed by atoms with van der Waals surface area (Å²) < 4.78 is 11.7. The molecule has 4 heteroatoms. The average Bonchev–Trinajstić information content (AvgIpc) is 1.87. The molecule has 0 aromatic carbocycles. The maximum atomic E-state index is 11.7. The predicted octanol–water partition coefficient (Wildman–Crippen LogP) is -0.0950. The van der Waals surface area contributed by atoms with Crippen molar-refractivity contribution in [3.8, 4) is 0 Å². The number of halogens is 1. The highest BCUT2D eigenvalue weighted by Crippen LogP contribution is 1.88. The zero-order chi connectivity index (χ0) is 5.28. The van der Waals surface area contributed by atoms with Gasteiger partial charge in [-0.1, -0.05) is 4.85 Å². The minimum Gasteiger partial charge on any atom is -0.595 e. The summed E-state index contributed by atoms with van der Waals surface area (Å²) in [6, 6.07) is 0. The van der Waals surface area contributed by atoms with E-state index < -0.39 is 6.17 Å². The van der Waals surface area contributed by atoms with Crippen molar-refractivity contribution in [3.05, 3.63) is 5.21 Å². The summed E-state index contributed by atoms with van der Waals surface area (Å²) in [6.45, 7) is 0. The third-order valence-corrected chi connectivity index (χ3v) is 0.593. The normalized spacial score (nSPS) is 28.1. The molecule has 1 atom stereocenters. The first-order chi connectivity index (χ1) is 3.29. The van der Waals surface area contributed by atoms with Gasteiger partial charge in [-0.15, -0.1) is 0 Å². The van der Waals surface area contributed by atoms with Gasteiger partial charge < -0.3 is 5.21 Å². The SMILES string of the molecule is [O-][N+]1=CC(F)C=N1. The van der Waals surface area contributed by atoms with Crippen LogP contribution in [0.25, 0.3) is 0 Å². The Morgan fingerprint density at radius 1 is 1.86 bits per heavy atom. The van der Waals surface area contributed by atoms with Gasteiger partial charge in [-0.05, 0) is 0 Å². The molecular weight excluding hydrogens is 99.0 g/mol. The number of hydrazone groups is 1. The highest BCUT2D eigenvalue weighted by atomic mass is 19.1. The van der Waals surface area contributed by atoms with Gasteiger partial charge in [0.15, 0.2) is 0 Å². The summed E-state index contributed by atoms with van der Waals surface area (Å²) >= 11 is 0. The highest BCUT2D eigenvalue weighted by Gasteiger charge is 2.10. The van der Waals surface area contributed by atoms with Crippen molar-refractivity contribution in [2.24, 2.45) is 5.10 Å². The number of alkyl halides is 1. The lowest BCUT2D eigenvalue weighted by Crippen LogP contribution is -1.99. The van der Waals surface area contributed by atoms with Crippen molar-refractivity contribution < 1.29 is 9.24 Å². The van der Waals surface area contributed by atoms with E-state index in [4.69, 9.17) is 0 Å². The van der Waals surface area contributed by atoms with E-state index >= 15 is 0 Å². The molecule has 0 aromatic rings. The summed E-state index contributed by atoms with van der Waals surface area (Å²) in [5.41, 5.74) is 0. The van der Waals surface area contributed by atoms with Crippen molar-refractivity contribution in [3.63, 3.8) is 0 Å². The monoisotopic (exact) mass is 102 g/mol. The van der Waals surface area contributed by atoms with Crippen molar-refractivity contribution in [1.29, 1.82) is 0 Å². The number of hydrogen-bond acceptors (Lipinski definition) is 2. The third kappa shape index (κ3) is 0.734. The summed E-state index contributed by atoms with van der Waals surface area (Å²) in [7, 11) is 0.